The van der Waals surface area contributed by atoms with E-state index < -0.39 is 0 Å². The normalized spacial score (nSPS) is 9.92. The summed E-state index contributed by atoms with van der Waals surface area (Å²) in [6, 6.07) is 22.9. The van der Waals surface area contributed by atoms with Crippen LogP contribution in [0.4, 0.5) is 5.69 Å². The number of nitrogens with zero attached hydrogens (tertiary/aromatic N) is 1. The fraction of sp³-hybridized carbons (Fsp3) is 0. The summed E-state index contributed by atoms with van der Waals surface area (Å²) in [4.78, 5) is 12.4. The Morgan fingerprint density at radius 1 is 0.960 bits per heavy atom. The number of halogens is 1. The van der Waals surface area contributed by atoms with Gasteiger partial charge in [-0.05, 0) is 48.5 Å². The standard InChI is InChI=1S/C20H13ClN2O2/c21-19-10-9-16(11-15(19)13-22)23-20(24)14-5-4-8-18(12-14)25-17-6-2-1-3-7-17/h1-12H,(H,23,24). The molecule has 3 aromatic rings. The second kappa shape index (κ2) is 7.52. The van der Waals surface area contributed by atoms with Gasteiger partial charge in [0.1, 0.15) is 17.6 Å². The van der Waals surface area contributed by atoms with E-state index in [9.17, 15) is 4.79 Å². The summed E-state index contributed by atoms with van der Waals surface area (Å²) in [7, 11) is 0. The van der Waals surface area contributed by atoms with Crippen molar-refractivity contribution < 1.29 is 9.53 Å². The minimum atomic E-state index is -0.301. The van der Waals surface area contributed by atoms with Gasteiger partial charge in [-0.2, -0.15) is 5.26 Å². The van der Waals surface area contributed by atoms with Crippen LogP contribution in [0.1, 0.15) is 15.9 Å². The van der Waals surface area contributed by atoms with Gasteiger partial charge in [0.05, 0.1) is 10.6 Å². The second-order valence-electron chi connectivity index (χ2n) is 5.20. The Morgan fingerprint density at radius 3 is 2.48 bits per heavy atom. The average Bonchev–Trinajstić information content (AvgIpc) is 2.64. The van der Waals surface area contributed by atoms with E-state index >= 15 is 0 Å². The Bertz CT molecular complexity index is 949. The van der Waals surface area contributed by atoms with Crippen LogP contribution in [0.2, 0.25) is 5.02 Å². The van der Waals surface area contributed by atoms with Crippen LogP contribution in [0.5, 0.6) is 11.5 Å². The highest BCUT2D eigenvalue weighted by atomic mass is 35.5. The Kier molecular flexibility index (Phi) is 4.98. The Hall–Kier alpha value is -3.29. The molecule has 0 aliphatic heterocycles. The third kappa shape index (κ3) is 4.17. The van der Waals surface area contributed by atoms with Crippen molar-refractivity contribution in [3.05, 3.63) is 88.9 Å². The van der Waals surface area contributed by atoms with Crippen molar-refractivity contribution in [2.75, 3.05) is 5.32 Å². The first-order valence-electron chi connectivity index (χ1n) is 7.50. The van der Waals surface area contributed by atoms with Crippen LogP contribution in [0.3, 0.4) is 0 Å². The van der Waals surface area contributed by atoms with Crippen molar-refractivity contribution >= 4 is 23.2 Å². The molecule has 25 heavy (non-hydrogen) atoms. The van der Waals surface area contributed by atoms with Crippen LogP contribution in [-0.2, 0) is 0 Å². The molecular formula is C20H13ClN2O2. The van der Waals surface area contributed by atoms with E-state index in [0.29, 0.717) is 33.3 Å². The minimum absolute atomic E-state index is 0.301. The number of nitrogens with one attached hydrogen (secondary N) is 1. The predicted molar refractivity (Wildman–Crippen MR) is 97.1 cm³/mol. The number of carbonyl (C=O) groups excluding carboxylic acids is 1. The maximum absolute atomic E-state index is 12.4. The van der Waals surface area contributed by atoms with E-state index in [1.54, 1.807) is 36.4 Å². The summed E-state index contributed by atoms with van der Waals surface area (Å²) < 4.78 is 5.73. The first-order chi connectivity index (χ1) is 12.2. The van der Waals surface area contributed by atoms with Gasteiger partial charge in [0, 0.05) is 11.3 Å². The van der Waals surface area contributed by atoms with Crippen LogP contribution < -0.4 is 10.1 Å². The molecule has 0 aromatic heterocycles. The Morgan fingerprint density at radius 2 is 1.72 bits per heavy atom. The smallest absolute Gasteiger partial charge is 0.255 e. The first-order valence-corrected chi connectivity index (χ1v) is 7.87. The topological polar surface area (TPSA) is 62.1 Å². The van der Waals surface area contributed by atoms with Crippen molar-refractivity contribution in [1.82, 2.24) is 0 Å². The number of hydrogen-bond acceptors (Lipinski definition) is 3. The lowest BCUT2D eigenvalue weighted by atomic mass is 10.1. The molecule has 0 aliphatic rings. The lowest BCUT2D eigenvalue weighted by Gasteiger charge is -2.09. The zero-order chi connectivity index (χ0) is 17.6. The molecule has 0 saturated carbocycles. The van der Waals surface area contributed by atoms with Gasteiger partial charge in [-0.15, -0.1) is 0 Å². The first kappa shape index (κ1) is 16.6. The number of anilines is 1. The van der Waals surface area contributed by atoms with Gasteiger partial charge in [0.15, 0.2) is 0 Å². The van der Waals surface area contributed by atoms with Crippen molar-refractivity contribution in [3.63, 3.8) is 0 Å². The molecule has 3 rings (SSSR count). The van der Waals surface area contributed by atoms with E-state index in [1.165, 1.54) is 6.07 Å². The summed E-state index contributed by atoms with van der Waals surface area (Å²) in [5.41, 5.74) is 1.25. The molecule has 0 saturated heterocycles. The second-order valence-corrected chi connectivity index (χ2v) is 5.61. The number of nitriles is 1. The zero-order valence-electron chi connectivity index (χ0n) is 13.1. The largest absolute Gasteiger partial charge is 0.457 e. The van der Waals surface area contributed by atoms with Gasteiger partial charge in [-0.25, -0.2) is 0 Å². The summed E-state index contributed by atoms with van der Waals surface area (Å²) in [5.74, 6) is 0.953. The predicted octanol–water partition coefficient (Wildman–Crippen LogP) is 5.26. The number of amides is 1. The van der Waals surface area contributed by atoms with Crippen LogP contribution >= 0.6 is 11.6 Å². The number of hydrogen-bond donors (Lipinski definition) is 1. The monoisotopic (exact) mass is 348 g/mol. The van der Waals surface area contributed by atoms with Crippen molar-refractivity contribution in [3.8, 4) is 17.6 Å². The van der Waals surface area contributed by atoms with Gasteiger partial charge in [-0.1, -0.05) is 35.9 Å². The van der Waals surface area contributed by atoms with Gasteiger partial charge < -0.3 is 10.1 Å². The number of benzene rings is 3. The molecule has 4 nitrogen and oxygen atoms in total. The Balaban J connectivity index is 1.76. The molecule has 1 amide bonds. The molecule has 0 unspecified atom stereocenters. The van der Waals surface area contributed by atoms with Gasteiger partial charge in [0.25, 0.3) is 5.91 Å². The summed E-state index contributed by atoms with van der Waals surface area (Å²) in [6.45, 7) is 0. The number of ether oxygens (including phenoxy) is 1. The van der Waals surface area contributed by atoms with E-state index in [1.807, 2.05) is 36.4 Å². The molecule has 0 bridgehead atoms. The molecule has 0 aliphatic carbocycles. The SMILES string of the molecule is N#Cc1cc(NC(=O)c2cccc(Oc3ccccc3)c2)ccc1Cl. The maximum atomic E-state index is 12.4. The zero-order valence-corrected chi connectivity index (χ0v) is 13.8. The molecular weight excluding hydrogens is 336 g/mol. The molecule has 122 valence electrons. The number of rotatable bonds is 4. The lowest BCUT2D eigenvalue weighted by molar-refractivity contribution is 0.102. The third-order valence-electron chi connectivity index (χ3n) is 3.42. The van der Waals surface area contributed by atoms with Crippen LogP contribution in [0, 0.1) is 11.3 Å². The van der Waals surface area contributed by atoms with Crippen molar-refractivity contribution in [1.29, 1.82) is 5.26 Å². The van der Waals surface area contributed by atoms with E-state index in [4.69, 9.17) is 21.6 Å². The summed E-state index contributed by atoms with van der Waals surface area (Å²) >= 11 is 5.90. The molecule has 0 fully saturated rings. The summed E-state index contributed by atoms with van der Waals surface area (Å²) in [5, 5.41) is 12.1. The molecule has 5 heteroatoms. The van der Waals surface area contributed by atoms with E-state index in [0.717, 1.165) is 0 Å². The average molecular weight is 349 g/mol. The van der Waals surface area contributed by atoms with Crippen molar-refractivity contribution in [2.45, 2.75) is 0 Å². The van der Waals surface area contributed by atoms with E-state index in [-0.39, 0.29) is 5.91 Å². The number of carbonyl (C=O) groups is 1. The maximum Gasteiger partial charge on any atom is 0.255 e. The minimum Gasteiger partial charge on any atom is -0.457 e. The lowest BCUT2D eigenvalue weighted by Crippen LogP contribution is -2.12. The fourth-order valence-electron chi connectivity index (χ4n) is 2.22. The molecule has 0 heterocycles. The third-order valence-corrected chi connectivity index (χ3v) is 3.75. The summed E-state index contributed by atoms with van der Waals surface area (Å²) in [6.07, 6.45) is 0. The van der Waals surface area contributed by atoms with Gasteiger partial charge >= 0.3 is 0 Å². The van der Waals surface area contributed by atoms with E-state index in [2.05, 4.69) is 5.32 Å². The molecule has 3 aromatic carbocycles. The number of para-hydroxylation sites is 1. The molecule has 1 N–H and O–H groups in total. The highest BCUT2D eigenvalue weighted by Crippen LogP contribution is 2.23. The fourth-order valence-corrected chi connectivity index (χ4v) is 2.38. The molecule has 0 radical (unpaired) electrons. The van der Waals surface area contributed by atoms with Gasteiger partial charge in [0.2, 0.25) is 0 Å². The van der Waals surface area contributed by atoms with Crippen molar-refractivity contribution in [2.24, 2.45) is 0 Å². The van der Waals surface area contributed by atoms with Crippen LogP contribution in [0.15, 0.2) is 72.8 Å². The van der Waals surface area contributed by atoms with Gasteiger partial charge in [-0.3, -0.25) is 4.79 Å². The van der Waals surface area contributed by atoms with Crippen LogP contribution in [-0.4, -0.2) is 5.91 Å². The highest BCUT2D eigenvalue weighted by molar-refractivity contribution is 6.31. The molecule has 0 spiro atoms. The molecule has 0 atom stereocenters. The van der Waals surface area contributed by atoms with Crippen LogP contribution in [0.25, 0.3) is 0 Å². The highest BCUT2D eigenvalue weighted by Gasteiger charge is 2.09. The Labute approximate surface area is 150 Å². The quantitative estimate of drug-likeness (QED) is 0.699.